The number of methoxy groups -OCH3 is 1. The van der Waals surface area contributed by atoms with E-state index >= 15 is 0 Å². The number of hydrogen-bond acceptors (Lipinski definition) is 4. The van der Waals surface area contributed by atoms with Gasteiger partial charge in [0.2, 0.25) is 5.91 Å². The van der Waals surface area contributed by atoms with Crippen LogP contribution in [0.25, 0.3) is 0 Å². The van der Waals surface area contributed by atoms with Gasteiger partial charge in [0.25, 0.3) is 0 Å². The molecule has 0 aliphatic carbocycles. The molecule has 1 rings (SSSR count). The highest BCUT2D eigenvalue weighted by molar-refractivity contribution is 5.85. The van der Waals surface area contributed by atoms with Gasteiger partial charge in [-0.1, -0.05) is 44.2 Å². The minimum absolute atomic E-state index is 0.179. The lowest BCUT2D eigenvalue weighted by Gasteiger charge is -2.19. The molecular weight excluding hydrogens is 256 g/mol. The normalized spacial score (nSPS) is 13.7. The summed E-state index contributed by atoms with van der Waals surface area (Å²) in [6.07, 6.45) is 0.179. The van der Waals surface area contributed by atoms with Crippen molar-refractivity contribution >= 4 is 11.9 Å². The third kappa shape index (κ3) is 4.66. The average molecular weight is 278 g/mol. The number of ether oxygens (including phenoxy) is 1. The number of nitrogens with two attached hydrogens (primary N) is 1. The highest BCUT2D eigenvalue weighted by Gasteiger charge is 2.24. The molecule has 0 aliphatic heterocycles. The fourth-order valence-electron chi connectivity index (χ4n) is 1.71. The summed E-state index contributed by atoms with van der Waals surface area (Å²) >= 11 is 0. The Morgan fingerprint density at radius 3 is 2.35 bits per heavy atom. The van der Waals surface area contributed by atoms with E-state index in [2.05, 4.69) is 5.32 Å². The average Bonchev–Trinajstić information content (AvgIpc) is 2.44. The van der Waals surface area contributed by atoms with Crippen molar-refractivity contribution in [3.05, 3.63) is 35.9 Å². The second-order valence-corrected chi connectivity index (χ2v) is 5.05. The molecule has 20 heavy (non-hydrogen) atoms. The van der Waals surface area contributed by atoms with Crippen LogP contribution in [0, 0.1) is 5.92 Å². The van der Waals surface area contributed by atoms with E-state index in [1.165, 1.54) is 7.11 Å². The lowest BCUT2D eigenvalue weighted by molar-refractivity contribution is -0.145. The molecule has 0 saturated carbocycles. The van der Waals surface area contributed by atoms with Gasteiger partial charge in [0, 0.05) is 12.5 Å². The highest BCUT2D eigenvalue weighted by atomic mass is 16.5. The van der Waals surface area contributed by atoms with Crippen LogP contribution in [0.5, 0.6) is 0 Å². The molecule has 0 radical (unpaired) electrons. The van der Waals surface area contributed by atoms with Crippen LogP contribution in [0.3, 0.4) is 0 Å². The van der Waals surface area contributed by atoms with Crippen molar-refractivity contribution in [1.29, 1.82) is 0 Å². The van der Waals surface area contributed by atoms with Crippen LogP contribution >= 0.6 is 0 Å². The molecule has 3 N–H and O–H groups in total. The number of amides is 1. The Morgan fingerprint density at radius 2 is 1.85 bits per heavy atom. The molecule has 0 spiro atoms. The predicted molar refractivity (Wildman–Crippen MR) is 76.8 cm³/mol. The van der Waals surface area contributed by atoms with Crippen LogP contribution < -0.4 is 11.1 Å². The number of hydrogen-bond donors (Lipinski definition) is 2. The van der Waals surface area contributed by atoms with Gasteiger partial charge in [0.1, 0.15) is 0 Å². The number of nitrogens with one attached hydrogen (secondary N) is 1. The molecule has 0 bridgehead atoms. The van der Waals surface area contributed by atoms with E-state index in [1.807, 2.05) is 19.9 Å². The van der Waals surface area contributed by atoms with Crippen molar-refractivity contribution in [3.8, 4) is 0 Å². The molecule has 110 valence electrons. The first-order valence-electron chi connectivity index (χ1n) is 6.63. The van der Waals surface area contributed by atoms with Gasteiger partial charge in [0.05, 0.1) is 7.11 Å². The van der Waals surface area contributed by atoms with Gasteiger partial charge in [0.15, 0.2) is 6.04 Å². The second-order valence-electron chi connectivity index (χ2n) is 5.05. The van der Waals surface area contributed by atoms with Crippen LogP contribution in [0.2, 0.25) is 0 Å². The molecule has 0 fully saturated rings. The Hall–Kier alpha value is -1.88. The van der Waals surface area contributed by atoms with Crippen molar-refractivity contribution in [3.63, 3.8) is 0 Å². The molecule has 1 amide bonds. The van der Waals surface area contributed by atoms with E-state index in [1.54, 1.807) is 24.3 Å². The topological polar surface area (TPSA) is 81.4 Å². The van der Waals surface area contributed by atoms with Crippen molar-refractivity contribution < 1.29 is 14.3 Å². The maximum absolute atomic E-state index is 12.0. The number of carbonyl (C=O) groups is 2. The quantitative estimate of drug-likeness (QED) is 0.770. The molecule has 2 unspecified atom stereocenters. The summed E-state index contributed by atoms with van der Waals surface area (Å²) in [5.41, 5.74) is 6.55. The fourth-order valence-corrected chi connectivity index (χ4v) is 1.71. The van der Waals surface area contributed by atoms with Crippen molar-refractivity contribution in [2.24, 2.45) is 11.7 Å². The van der Waals surface area contributed by atoms with Gasteiger partial charge in [-0.25, -0.2) is 4.79 Å². The van der Waals surface area contributed by atoms with Crippen molar-refractivity contribution in [2.75, 3.05) is 7.11 Å². The first kappa shape index (κ1) is 16.2. The Kier molecular flexibility index (Phi) is 6.18. The molecule has 2 atom stereocenters. The zero-order valence-electron chi connectivity index (χ0n) is 12.1. The summed E-state index contributed by atoms with van der Waals surface area (Å²) in [4.78, 5) is 23.8. The van der Waals surface area contributed by atoms with Crippen LogP contribution in [0.1, 0.15) is 31.9 Å². The van der Waals surface area contributed by atoms with E-state index in [9.17, 15) is 9.59 Å². The van der Waals surface area contributed by atoms with Gasteiger partial charge < -0.3 is 15.8 Å². The van der Waals surface area contributed by atoms with E-state index in [0.717, 1.165) is 0 Å². The van der Waals surface area contributed by atoms with Crippen molar-refractivity contribution in [2.45, 2.75) is 32.4 Å². The van der Waals surface area contributed by atoms with Gasteiger partial charge in [-0.2, -0.15) is 0 Å². The summed E-state index contributed by atoms with van der Waals surface area (Å²) in [6.45, 7) is 3.90. The summed E-state index contributed by atoms with van der Waals surface area (Å²) in [7, 11) is 1.30. The Bertz CT molecular complexity index is 446. The van der Waals surface area contributed by atoms with Crippen LogP contribution in [-0.2, 0) is 14.3 Å². The Balaban J connectivity index is 2.76. The van der Waals surface area contributed by atoms with Gasteiger partial charge in [-0.3, -0.25) is 4.79 Å². The van der Waals surface area contributed by atoms with Gasteiger partial charge >= 0.3 is 5.97 Å². The lowest BCUT2D eigenvalue weighted by atomic mass is 10.0. The minimum atomic E-state index is -0.798. The molecule has 1 aromatic rings. The smallest absolute Gasteiger partial charge is 0.333 e. The summed E-state index contributed by atoms with van der Waals surface area (Å²) in [6, 6.07) is 7.95. The zero-order valence-corrected chi connectivity index (χ0v) is 12.1. The molecule has 1 aromatic carbocycles. The SMILES string of the molecule is COC(=O)C(NC(=O)CC(N)C(C)C)c1ccccc1. The third-order valence-electron chi connectivity index (χ3n) is 3.15. The number of carbonyl (C=O) groups excluding carboxylic acids is 2. The second kappa shape index (κ2) is 7.65. The van der Waals surface area contributed by atoms with E-state index in [-0.39, 0.29) is 24.3 Å². The Morgan fingerprint density at radius 1 is 1.25 bits per heavy atom. The van der Waals surface area contributed by atoms with Gasteiger partial charge in [-0.05, 0) is 11.5 Å². The first-order valence-corrected chi connectivity index (χ1v) is 6.63. The molecular formula is C15H22N2O3. The van der Waals surface area contributed by atoms with Crippen molar-refractivity contribution in [1.82, 2.24) is 5.32 Å². The summed E-state index contributed by atoms with van der Waals surface area (Å²) in [5.74, 6) is -0.554. The Labute approximate surface area is 119 Å². The molecule has 5 nitrogen and oxygen atoms in total. The molecule has 0 aromatic heterocycles. The molecule has 0 saturated heterocycles. The van der Waals surface area contributed by atoms with Gasteiger partial charge in [-0.15, -0.1) is 0 Å². The first-order chi connectivity index (χ1) is 9.45. The predicted octanol–water partition coefficient (Wildman–Crippen LogP) is 1.39. The standard InChI is InChI=1S/C15H22N2O3/c1-10(2)12(16)9-13(18)17-14(15(19)20-3)11-7-5-4-6-8-11/h4-8,10,12,14H,9,16H2,1-3H3,(H,17,18). The summed E-state index contributed by atoms with van der Waals surface area (Å²) in [5, 5.41) is 2.68. The maximum Gasteiger partial charge on any atom is 0.333 e. The highest BCUT2D eigenvalue weighted by Crippen LogP contribution is 2.15. The van der Waals surface area contributed by atoms with Crippen LogP contribution in [0.15, 0.2) is 30.3 Å². The third-order valence-corrected chi connectivity index (χ3v) is 3.15. The molecule has 5 heteroatoms. The summed E-state index contributed by atoms with van der Waals surface area (Å²) < 4.78 is 4.74. The number of rotatable bonds is 6. The molecule has 0 heterocycles. The fraction of sp³-hybridized carbons (Fsp3) is 0.467. The maximum atomic E-state index is 12.0. The van der Waals surface area contributed by atoms with E-state index in [4.69, 9.17) is 10.5 Å². The largest absolute Gasteiger partial charge is 0.467 e. The monoisotopic (exact) mass is 278 g/mol. The van der Waals surface area contributed by atoms with E-state index < -0.39 is 12.0 Å². The van der Waals surface area contributed by atoms with E-state index in [0.29, 0.717) is 5.56 Å². The minimum Gasteiger partial charge on any atom is -0.467 e. The number of esters is 1. The van der Waals surface area contributed by atoms with Crippen LogP contribution in [0.4, 0.5) is 0 Å². The lowest BCUT2D eigenvalue weighted by Crippen LogP contribution is -2.39. The molecule has 0 aliphatic rings. The zero-order chi connectivity index (χ0) is 15.1. The number of benzene rings is 1. The van der Waals surface area contributed by atoms with Crippen LogP contribution in [-0.4, -0.2) is 25.0 Å².